The summed E-state index contributed by atoms with van der Waals surface area (Å²) in [5.41, 5.74) is 1.95. The van der Waals surface area contributed by atoms with Crippen molar-refractivity contribution in [2.45, 2.75) is 25.9 Å². The first kappa shape index (κ1) is 20.1. The molecular weight excluding hydrogens is 380 g/mol. The third-order valence-electron chi connectivity index (χ3n) is 4.76. The molecule has 0 radical (unpaired) electrons. The summed E-state index contributed by atoms with van der Waals surface area (Å²) in [5, 5.41) is 0. The summed E-state index contributed by atoms with van der Waals surface area (Å²) in [6.07, 6.45) is 5.60. The van der Waals surface area contributed by atoms with E-state index < -0.39 is 10.0 Å². The second-order valence-corrected chi connectivity index (χ2v) is 8.90. The van der Waals surface area contributed by atoms with Gasteiger partial charge in [-0.1, -0.05) is 0 Å². The Balaban J connectivity index is 1.54. The molecule has 28 heavy (non-hydrogen) atoms. The average Bonchev–Trinajstić information content (AvgIpc) is 2.68. The van der Waals surface area contributed by atoms with E-state index >= 15 is 0 Å². The third kappa shape index (κ3) is 4.78. The lowest BCUT2D eigenvalue weighted by Crippen LogP contribution is -2.41. The van der Waals surface area contributed by atoms with Crippen molar-refractivity contribution in [1.82, 2.24) is 14.9 Å². The molecule has 1 aliphatic heterocycles. The van der Waals surface area contributed by atoms with E-state index in [0.717, 1.165) is 16.3 Å². The van der Waals surface area contributed by atoms with Crippen LogP contribution in [0.15, 0.2) is 36.7 Å². The Morgan fingerprint density at radius 1 is 1.14 bits per heavy atom. The topological polar surface area (TPSA) is 92.7 Å². The van der Waals surface area contributed by atoms with Gasteiger partial charge in [0, 0.05) is 50.9 Å². The van der Waals surface area contributed by atoms with Gasteiger partial charge >= 0.3 is 0 Å². The Morgan fingerprint density at radius 3 is 2.39 bits per heavy atom. The smallest absolute Gasteiger partial charge is 0.255 e. The van der Waals surface area contributed by atoms with Crippen LogP contribution in [-0.2, 0) is 10.0 Å². The van der Waals surface area contributed by atoms with Crippen molar-refractivity contribution >= 4 is 21.6 Å². The van der Waals surface area contributed by atoms with Crippen LogP contribution in [0.1, 0.15) is 28.9 Å². The Morgan fingerprint density at radius 2 is 1.86 bits per heavy atom. The molecule has 0 atom stereocenters. The molecule has 0 saturated carbocycles. The minimum atomic E-state index is -3.32. The molecular formula is C19H24N4O4S. The van der Waals surface area contributed by atoms with E-state index in [1.165, 1.54) is 13.2 Å². The van der Waals surface area contributed by atoms with Crippen molar-refractivity contribution in [2.75, 3.05) is 30.7 Å². The van der Waals surface area contributed by atoms with E-state index in [-0.39, 0.29) is 12.0 Å². The highest BCUT2D eigenvalue weighted by Crippen LogP contribution is 2.21. The van der Waals surface area contributed by atoms with Gasteiger partial charge in [-0.3, -0.25) is 14.1 Å². The molecule has 1 fully saturated rings. The number of anilines is 1. The Labute approximate surface area is 165 Å². The molecule has 0 aliphatic carbocycles. The van der Waals surface area contributed by atoms with Gasteiger partial charge in [-0.25, -0.2) is 13.4 Å². The number of likely N-dealkylation sites (tertiary alicyclic amines) is 1. The van der Waals surface area contributed by atoms with Crippen molar-refractivity contribution in [2.24, 2.45) is 0 Å². The molecule has 0 bridgehead atoms. The fourth-order valence-electron chi connectivity index (χ4n) is 2.94. The molecule has 0 N–H and O–H groups in total. The average molecular weight is 404 g/mol. The molecule has 9 heteroatoms. The fraction of sp³-hybridized carbons (Fsp3) is 0.421. The summed E-state index contributed by atoms with van der Waals surface area (Å²) in [5.74, 6) is 0.426. The molecule has 1 amide bonds. The standard InChI is InChI=1S/C19H24N4O4S/c1-14-4-5-15(12-20-14)19(24)23-10-8-17(9-11-23)27-18-7-6-16(13-21-18)22(2)28(3,25)26/h4-7,12-13,17H,8-11H2,1-3H3. The van der Waals surface area contributed by atoms with E-state index in [1.54, 1.807) is 24.4 Å². The van der Waals surface area contributed by atoms with Gasteiger partial charge in [0.1, 0.15) is 6.10 Å². The number of carbonyl (C=O) groups excluding carboxylic acids is 1. The number of rotatable bonds is 5. The highest BCUT2D eigenvalue weighted by Gasteiger charge is 2.25. The summed E-state index contributed by atoms with van der Waals surface area (Å²) in [6, 6.07) is 6.95. The Kier molecular flexibility index (Phi) is 5.83. The molecule has 1 saturated heterocycles. The molecule has 150 valence electrons. The van der Waals surface area contributed by atoms with Crippen LogP contribution in [0, 0.1) is 6.92 Å². The first-order valence-electron chi connectivity index (χ1n) is 9.02. The van der Waals surface area contributed by atoms with Gasteiger partial charge in [0.15, 0.2) is 0 Å². The zero-order chi connectivity index (χ0) is 20.3. The van der Waals surface area contributed by atoms with E-state index in [4.69, 9.17) is 4.74 Å². The number of carbonyl (C=O) groups is 1. The van der Waals surface area contributed by atoms with Crippen LogP contribution in [0.25, 0.3) is 0 Å². The van der Waals surface area contributed by atoms with E-state index in [1.807, 2.05) is 17.9 Å². The van der Waals surface area contributed by atoms with Gasteiger partial charge in [-0.05, 0) is 25.1 Å². The number of ether oxygens (including phenoxy) is 1. The summed E-state index contributed by atoms with van der Waals surface area (Å²) < 4.78 is 30.2. The van der Waals surface area contributed by atoms with Crippen LogP contribution >= 0.6 is 0 Å². The van der Waals surface area contributed by atoms with Crippen LogP contribution < -0.4 is 9.04 Å². The van der Waals surface area contributed by atoms with Gasteiger partial charge < -0.3 is 9.64 Å². The molecule has 2 aromatic rings. The van der Waals surface area contributed by atoms with Gasteiger partial charge in [-0.2, -0.15) is 0 Å². The van der Waals surface area contributed by atoms with Crippen LogP contribution in [0.4, 0.5) is 5.69 Å². The number of sulfonamides is 1. The summed E-state index contributed by atoms with van der Waals surface area (Å²) >= 11 is 0. The van der Waals surface area contributed by atoms with Crippen LogP contribution in [0.5, 0.6) is 5.88 Å². The number of amides is 1. The maximum absolute atomic E-state index is 12.5. The molecule has 3 heterocycles. The maximum Gasteiger partial charge on any atom is 0.255 e. The Hall–Kier alpha value is -2.68. The van der Waals surface area contributed by atoms with Crippen LogP contribution in [0.3, 0.4) is 0 Å². The van der Waals surface area contributed by atoms with Crippen molar-refractivity contribution in [3.8, 4) is 5.88 Å². The molecule has 3 rings (SSSR count). The fourth-order valence-corrected chi connectivity index (χ4v) is 3.44. The summed E-state index contributed by atoms with van der Waals surface area (Å²) in [7, 11) is -1.85. The predicted molar refractivity (Wildman–Crippen MR) is 106 cm³/mol. The number of hydrogen-bond acceptors (Lipinski definition) is 6. The number of aromatic nitrogens is 2. The largest absolute Gasteiger partial charge is 0.474 e. The second kappa shape index (κ2) is 8.14. The normalized spacial score (nSPS) is 15.3. The Bertz CT molecular complexity index is 921. The summed E-state index contributed by atoms with van der Waals surface area (Å²) in [6.45, 7) is 3.09. The van der Waals surface area contributed by atoms with Gasteiger partial charge in [0.25, 0.3) is 5.91 Å². The van der Waals surface area contributed by atoms with E-state index in [9.17, 15) is 13.2 Å². The molecule has 2 aromatic heterocycles. The molecule has 0 aromatic carbocycles. The molecule has 8 nitrogen and oxygen atoms in total. The lowest BCUT2D eigenvalue weighted by molar-refractivity contribution is 0.0587. The van der Waals surface area contributed by atoms with Crippen LogP contribution in [-0.4, -0.2) is 61.7 Å². The molecule has 0 unspecified atom stereocenters. The number of nitrogens with zero attached hydrogens (tertiary/aromatic N) is 4. The maximum atomic E-state index is 12.5. The number of hydrogen-bond donors (Lipinski definition) is 0. The number of aryl methyl sites for hydroxylation is 1. The van der Waals surface area contributed by atoms with Crippen molar-refractivity contribution < 1.29 is 17.9 Å². The number of pyridine rings is 2. The van der Waals surface area contributed by atoms with Crippen LogP contribution in [0.2, 0.25) is 0 Å². The van der Waals surface area contributed by atoms with E-state index in [0.29, 0.717) is 43.1 Å². The first-order valence-corrected chi connectivity index (χ1v) is 10.9. The quantitative estimate of drug-likeness (QED) is 0.755. The van der Waals surface area contributed by atoms with Gasteiger partial charge in [-0.15, -0.1) is 0 Å². The van der Waals surface area contributed by atoms with Crippen molar-refractivity contribution in [3.63, 3.8) is 0 Å². The highest BCUT2D eigenvalue weighted by molar-refractivity contribution is 7.92. The number of piperidine rings is 1. The summed E-state index contributed by atoms with van der Waals surface area (Å²) in [4.78, 5) is 22.7. The first-order chi connectivity index (χ1) is 13.2. The van der Waals surface area contributed by atoms with Crippen molar-refractivity contribution in [1.29, 1.82) is 0 Å². The van der Waals surface area contributed by atoms with Crippen molar-refractivity contribution in [3.05, 3.63) is 47.9 Å². The van der Waals surface area contributed by atoms with E-state index in [2.05, 4.69) is 9.97 Å². The molecule has 0 spiro atoms. The lowest BCUT2D eigenvalue weighted by Gasteiger charge is -2.32. The zero-order valence-corrected chi connectivity index (χ0v) is 17.0. The predicted octanol–water partition coefficient (Wildman–Crippen LogP) is 1.86. The second-order valence-electron chi connectivity index (χ2n) is 6.88. The minimum absolute atomic E-state index is 0.0164. The SMILES string of the molecule is Cc1ccc(C(=O)N2CCC(Oc3ccc(N(C)S(C)(=O)=O)cn3)CC2)cn1. The third-order valence-corrected chi connectivity index (χ3v) is 5.96. The lowest BCUT2D eigenvalue weighted by atomic mass is 10.1. The monoisotopic (exact) mass is 404 g/mol. The zero-order valence-electron chi connectivity index (χ0n) is 16.2. The van der Waals surface area contributed by atoms with Gasteiger partial charge in [0.05, 0.1) is 23.7 Å². The van der Waals surface area contributed by atoms with Gasteiger partial charge in [0.2, 0.25) is 15.9 Å². The minimum Gasteiger partial charge on any atom is -0.474 e. The highest BCUT2D eigenvalue weighted by atomic mass is 32.2. The molecule has 1 aliphatic rings.